The number of aliphatic hydroxyl groups is 2. The molecule has 2 aromatic rings. The topological polar surface area (TPSA) is 217 Å². The fourth-order valence-electron chi connectivity index (χ4n) is 4.83. The Labute approximate surface area is 219 Å². The van der Waals surface area contributed by atoms with Crippen molar-refractivity contribution in [1.29, 1.82) is 0 Å². The number of hydrogen-bond acceptors (Lipinski definition) is 15. The number of anilines is 1. The highest BCUT2D eigenvalue weighted by molar-refractivity contribution is 7.86. The number of nitrogens with zero attached hydrogens (tertiary/aromatic N) is 5. The highest BCUT2D eigenvalue weighted by Crippen LogP contribution is 2.38. The molecular formula is C19H29N5O11S3. The number of imidazole rings is 1. The van der Waals surface area contributed by atoms with Gasteiger partial charge in [0.25, 0.3) is 30.4 Å². The van der Waals surface area contributed by atoms with Crippen LogP contribution >= 0.6 is 0 Å². The molecule has 0 bridgehead atoms. The third kappa shape index (κ3) is 6.41. The van der Waals surface area contributed by atoms with E-state index in [9.17, 15) is 35.5 Å². The first-order chi connectivity index (χ1) is 17.6. The fraction of sp³-hybridized carbons (Fsp3) is 0.737. The molecule has 2 aliphatic rings. The van der Waals surface area contributed by atoms with Gasteiger partial charge in [0, 0.05) is 13.1 Å². The molecule has 4 rings (SSSR count). The van der Waals surface area contributed by atoms with Crippen LogP contribution in [0.2, 0.25) is 0 Å². The number of rotatable bonds is 8. The van der Waals surface area contributed by atoms with E-state index < -0.39 is 66.9 Å². The van der Waals surface area contributed by atoms with E-state index in [-0.39, 0.29) is 5.65 Å². The van der Waals surface area contributed by atoms with Crippen LogP contribution in [0.25, 0.3) is 11.2 Å². The van der Waals surface area contributed by atoms with Crippen molar-refractivity contribution in [2.24, 2.45) is 0 Å². The van der Waals surface area contributed by atoms with Gasteiger partial charge in [-0.05, 0) is 19.3 Å². The van der Waals surface area contributed by atoms with Gasteiger partial charge in [0.1, 0.15) is 36.8 Å². The Bertz CT molecular complexity index is 1440. The van der Waals surface area contributed by atoms with Crippen molar-refractivity contribution in [3.63, 3.8) is 0 Å². The molecule has 0 aromatic carbocycles. The van der Waals surface area contributed by atoms with Crippen molar-refractivity contribution in [3.8, 4) is 0 Å². The van der Waals surface area contributed by atoms with Gasteiger partial charge in [-0.25, -0.2) is 15.0 Å². The molecule has 214 valence electrons. The fourth-order valence-corrected chi connectivity index (χ4v) is 6.71. The summed E-state index contributed by atoms with van der Waals surface area (Å²) in [6, 6.07) is -1.55. The third-order valence-electron chi connectivity index (χ3n) is 6.19. The monoisotopic (exact) mass is 599 g/mol. The summed E-state index contributed by atoms with van der Waals surface area (Å²) in [5.41, 5.74) is 0.465. The van der Waals surface area contributed by atoms with E-state index >= 15 is 0 Å². The van der Waals surface area contributed by atoms with Gasteiger partial charge in [0.15, 0.2) is 17.0 Å². The molecule has 3 heterocycles. The average molecular weight is 600 g/mol. The third-order valence-corrected chi connectivity index (χ3v) is 7.91. The van der Waals surface area contributed by atoms with E-state index in [4.69, 9.17) is 12.5 Å². The minimum absolute atomic E-state index is 0.141. The number of aromatic nitrogens is 4. The van der Waals surface area contributed by atoms with Gasteiger partial charge in [-0.3, -0.25) is 12.5 Å². The number of hydrogen-bond donors (Lipinski definition) is 2. The molecule has 38 heavy (non-hydrogen) atoms. The van der Waals surface area contributed by atoms with Crippen molar-refractivity contribution in [3.05, 3.63) is 12.7 Å². The van der Waals surface area contributed by atoms with E-state index in [1.165, 1.54) is 17.2 Å². The molecular weight excluding hydrogens is 570 g/mol. The predicted octanol–water partition coefficient (Wildman–Crippen LogP) is -1.87. The van der Waals surface area contributed by atoms with Crippen LogP contribution in [0.5, 0.6) is 0 Å². The van der Waals surface area contributed by atoms with E-state index in [0.29, 0.717) is 30.1 Å². The van der Waals surface area contributed by atoms with Gasteiger partial charge in [0.05, 0.1) is 31.1 Å². The molecule has 2 N–H and O–H groups in total. The minimum Gasteiger partial charge on any atom is -0.388 e. The van der Waals surface area contributed by atoms with Crippen LogP contribution in [0.15, 0.2) is 12.7 Å². The summed E-state index contributed by atoms with van der Waals surface area (Å²) >= 11 is 0. The smallest absolute Gasteiger partial charge is 0.264 e. The normalized spacial score (nSPS) is 29.6. The molecule has 0 spiro atoms. The maximum Gasteiger partial charge on any atom is 0.264 e. The second kappa shape index (κ2) is 10.5. The standard InChI is InChI=1S/C19H29N5O11S3/c1-36(27,28)33-15-13(25)12(14(26)16(34-37(2,29)30)17(15)35-38(3,31)32)24-10-22-11-18(20-9-21-19(11)24)23-7-5-4-6-8-23/h9-10,12-17,25-26H,4-8H2,1-3H3/t12?,13-,14+,15-,16+,17?. The molecule has 6 atom stereocenters. The summed E-state index contributed by atoms with van der Waals surface area (Å²) in [6.07, 6.45) is -2.66. The lowest BCUT2D eigenvalue weighted by atomic mass is 9.83. The molecule has 0 radical (unpaired) electrons. The van der Waals surface area contributed by atoms with E-state index in [1.54, 1.807) is 0 Å². The van der Waals surface area contributed by atoms with Crippen molar-refractivity contribution in [2.75, 3.05) is 36.8 Å². The van der Waals surface area contributed by atoms with Crippen LogP contribution in [0.1, 0.15) is 25.3 Å². The maximum absolute atomic E-state index is 12.0. The van der Waals surface area contributed by atoms with Crippen LogP contribution < -0.4 is 4.90 Å². The number of aliphatic hydroxyl groups excluding tert-OH is 2. The lowest BCUT2D eigenvalue weighted by molar-refractivity contribution is -0.172. The summed E-state index contributed by atoms with van der Waals surface area (Å²) in [5, 5.41) is 22.5. The molecule has 1 saturated carbocycles. The van der Waals surface area contributed by atoms with Crippen LogP contribution in [-0.2, 0) is 42.9 Å². The molecule has 19 heteroatoms. The Morgan fingerprint density at radius 3 is 1.76 bits per heavy atom. The summed E-state index contributed by atoms with van der Waals surface area (Å²) in [7, 11) is -13.1. The molecule has 0 amide bonds. The lowest BCUT2D eigenvalue weighted by Gasteiger charge is -2.45. The molecule has 2 aromatic heterocycles. The van der Waals surface area contributed by atoms with Gasteiger partial charge in [-0.1, -0.05) is 0 Å². The highest BCUT2D eigenvalue weighted by atomic mass is 32.2. The van der Waals surface area contributed by atoms with Crippen molar-refractivity contribution >= 4 is 47.3 Å². The molecule has 2 unspecified atom stereocenters. The summed E-state index contributed by atoms with van der Waals surface area (Å²) in [5.74, 6) is 0.513. The van der Waals surface area contributed by atoms with Crippen molar-refractivity contribution in [2.45, 2.75) is 55.8 Å². The first-order valence-corrected chi connectivity index (χ1v) is 16.9. The number of fused-ring (bicyclic) bond motifs is 1. The zero-order valence-electron chi connectivity index (χ0n) is 20.7. The molecule has 16 nitrogen and oxygen atoms in total. The van der Waals surface area contributed by atoms with E-state index in [1.807, 2.05) is 4.90 Å². The van der Waals surface area contributed by atoms with Crippen LogP contribution in [-0.4, -0.2) is 117 Å². The Morgan fingerprint density at radius 2 is 1.26 bits per heavy atom. The zero-order chi connectivity index (χ0) is 28.0. The highest BCUT2D eigenvalue weighted by Gasteiger charge is 2.56. The van der Waals surface area contributed by atoms with E-state index in [0.717, 1.165) is 32.4 Å². The van der Waals surface area contributed by atoms with Gasteiger partial charge in [0.2, 0.25) is 0 Å². The SMILES string of the molecule is CS(=O)(=O)OC1[C@@H](OS(C)(=O)=O)[C@@H](O)C(n2cnc3c(N4CCCCC4)ncnc32)[C@@H](O)[C@H]1OS(C)(=O)=O. The Hall–Kier alpha value is -2.00. The summed E-state index contributed by atoms with van der Waals surface area (Å²) in [6.45, 7) is 1.46. The minimum atomic E-state index is -4.39. The van der Waals surface area contributed by atoms with Crippen LogP contribution in [0, 0.1) is 0 Å². The van der Waals surface area contributed by atoms with Crippen molar-refractivity contribution in [1.82, 2.24) is 19.5 Å². The van der Waals surface area contributed by atoms with Gasteiger partial charge < -0.3 is 19.7 Å². The quantitative estimate of drug-likeness (QED) is 0.318. The average Bonchev–Trinajstić information content (AvgIpc) is 3.21. The lowest BCUT2D eigenvalue weighted by Crippen LogP contribution is -2.64. The second-order valence-corrected chi connectivity index (χ2v) is 14.1. The summed E-state index contributed by atoms with van der Waals surface area (Å²) in [4.78, 5) is 14.9. The number of piperidine rings is 1. The summed E-state index contributed by atoms with van der Waals surface area (Å²) < 4.78 is 88.2. The van der Waals surface area contributed by atoms with Crippen molar-refractivity contribution < 1.29 is 48.0 Å². The zero-order valence-corrected chi connectivity index (χ0v) is 23.1. The molecule has 1 aliphatic heterocycles. The Morgan fingerprint density at radius 1 is 0.763 bits per heavy atom. The van der Waals surface area contributed by atoms with Crippen LogP contribution in [0.4, 0.5) is 5.82 Å². The van der Waals surface area contributed by atoms with Crippen LogP contribution in [0.3, 0.4) is 0 Å². The first-order valence-electron chi connectivity index (χ1n) is 11.5. The largest absolute Gasteiger partial charge is 0.388 e. The molecule has 2 fully saturated rings. The van der Waals surface area contributed by atoms with E-state index in [2.05, 4.69) is 15.0 Å². The predicted molar refractivity (Wildman–Crippen MR) is 132 cm³/mol. The first kappa shape index (κ1) is 29.0. The Kier molecular flexibility index (Phi) is 8.03. The van der Waals surface area contributed by atoms with Gasteiger partial charge >= 0.3 is 0 Å². The Balaban J connectivity index is 1.85. The second-order valence-electron chi connectivity index (χ2n) is 9.34. The molecule has 1 saturated heterocycles. The van der Waals surface area contributed by atoms with Gasteiger partial charge in [-0.15, -0.1) is 0 Å². The van der Waals surface area contributed by atoms with Gasteiger partial charge in [-0.2, -0.15) is 25.3 Å². The molecule has 1 aliphatic carbocycles. The maximum atomic E-state index is 12.0.